The largest absolute Gasteiger partial charge is 0.497 e. The second-order valence-electron chi connectivity index (χ2n) is 8.88. The van der Waals surface area contributed by atoms with Gasteiger partial charge in [-0.1, -0.05) is 34.1 Å². The van der Waals surface area contributed by atoms with E-state index in [1.807, 2.05) is 37.3 Å². The Balaban J connectivity index is 1.84. The van der Waals surface area contributed by atoms with Gasteiger partial charge in [0.05, 0.1) is 24.8 Å². The minimum absolute atomic E-state index is 0.0851. The molecule has 0 spiro atoms. The Labute approximate surface area is 194 Å². The third-order valence-corrected chi connectivity index (χ3v) is 5.20. The fourth-order valence-electron chi connectivity index (χ4n) is 3.27. The van der Waals surface area contributed by atoms with E-state index in [0.717, 1.165) is 30.0 Å². The number of furan rings is 1. The lowest BCUT2D eigenvalue weighted by Gasteiger charge is -2.21. The molecule has 3 rings (SSSR count). The molecule has 176 valence electrons. The molecule has 0 fully saturated rings. The fourth-order valence-corrected chi connectivity index (χ4v) is 3.27. The van der Waals surface area contributed by atoms with Gasteiger partial charge in [-0.2, -0.15) is 5.10 Å². The Bertz CT molecular complexity index is 1060. The molecule has 1 N–H and O–H groups in total. The maximum Gasteiger partial charge on any atom is 0.290 e. The van der Waals surface area contributed by atoms with E-state index in [0.29, 0.717) is 12.4 Å². The topological polar surface area (TPSA) is 89.6 Å². The summed E-state index contributed by atoms with van der Waals surface area (Å²) in [6.45, 7) is 8.61. The van der Waals surface area contributed by atoms with Crippen molar-refractivity contribution in [1.82, 2.24) is 14.7 Å². The predicted molar refractivity (Wildman–Crippen MR) is 127 cm³/mol. The molecule has 3 aromatic rings. The van der Waals surface area contributed by atoms with Gasteiger partial charge in [0.15, 0.2) is 5.76 Å². The second kappa shape index (κ2) is 10.4. The molecule has 0 aliphatic rings. The summed E-state index contributed by atoms with van der Waals surface area (Å²) in [7, 11) is 1.61. The average molecular weight is 453 g/mol. The number of anilines is 1. The maximum absolute atomic E-state index is 13.0. The molecule has 0 saturated carbocycles. The van der Waals surface area contributed by atoms with Crippen LogP contribution in [0.1, 0.15) is 56.8 Å². The molecule has 33 heavy (non-hydrogen) atoms. The molecule has 2 amide bonds. The molecular weight excluding hydrogens is 420 g/mol. The SMILES string of the molecule is CCCCN(CC(=O)Nc1cc(C(C)(C)C)nn1-c1ccc(OC)cc1)C(=O)c1ccco1. The molecule has 0 radical (unpaired) electrons. The predicted octanol–water partition coefficient (Wildman–Crippen LogP) is 4.65. The lowest BCUT2D eigenvalue weighted by molar-refractivity contribution is -0.117. The minimum atomic E-state index is -0.305. The van der Waals surface area contributed by atoms with Gasteiger partial charge in [-0.25, -0.2) is 4.68 Å². The van der Waals surface area contributed by atoms with Crippen molar-refractivity contribution in [1.29, 1.82) is 0 Å². The second-order valence-corrected chi connectivity index (χ2v) is 8.88. The van der Waals surface area contributed by atoms with Gasteiger partial charge in [-0.3, -0.25) is 9.59 Å². The molecular formula is C25H32N4O4. The number of ether oxygens (including phenoxy) is 1. The Kier molecular flexibility index (Phi) is 7.58. The summed E-state index contributed by atoms with van der Waals surface area (Å²) in [6.07, 6.45) is 3.15. The number of rotatable bonds is 9. The van der Waals surface area contributed by atoms with Crippen LogP contribution in [0.4, 0.5) is 5.82 Å². The van der Waals surface area contributed by atoms with Gasteiger partial charge in [-0.15, -0.1) is 0 Å². The van der Waals surface area contributed by atoms with Crippen molar-refractivity contribution in [2.24, 2.45) is 0 Å². The van der Waals surface area contributed by atoms with Gasteiger partial charge in [0.1, 0.15) is 18.1 Å². The number of nitrogens with one attached hydrogen (secondary N) is 1. The van der Waals surface area contributed by atoms with Gasteiger partial charge in [-0.05, 0) is 42.8 Å². The Morgan fingerprint density at radius 2 is 1.91 bits per heavy atom. The van der Waals surface area contributed by atoms with Crippen molar-refractivity contribution >= 4 is 17.6 Å². The fraction of sp³-hybridized carbons (Fsp3) is 0.400. The normalized spacial score (nSPS) is 11.3. The lowest BCUT2D eigenvalue weighted by atomic mass is 9.92. The first-order chi connectivity index (χ1) is 15.7. The van der Waals surface area contributed by atoms with E-state index in [1.54, 1.807) is 23.9 Å². The third-order valence-electron chi connectivity index (χ3n) is 5.20. The quantitative estimate of drug-likeness (QED) is 0.510. The molecule has 2 heterocycles. The van der Waals surface area contributed by atoms with Crippen molar-refractivity contribution in [3.8, 4) is 11.4 Å². The Hall–Kier alpha value is -3.55. The number of unbranched alkanes of at least 4 members (excludes halogenated alkanes) is 1. The van der Waals surface area contributed by atoms with E-state index < -0.39 is 0 Å². The van der Waals surface area contributed by atoms with Crippen molar-refractivity contribution in [2.45, 2.75) is 46.0 Å². The Morgan fingerprint density at radius 1 is 1.18 bits per heavy atom. The number of aromatic nitrogens is 2. The first-order valence-corrected chi connectivity index (χ1v) is 11.1. The van der Waals surface area contributed by atoms with E-state index in [2.05, 4.69) is 26.1 Å². The number of hydrogen-bond donors (Lipinski definition) is 1. The number of carbonyl (C=O) groups is 2. The summed E-state index contributed by atoms with van der Waals surface area (Å²) in [5, 5.41) is 7.67. The molecule has 0 aliphatic carbocycles. The van der Waals surface area contributed by atoms with Gasteiger partial charge >= 0.3 is 0 Å². The van der Waals surface area contributed by atoms with Crippen molar-refractivity contribution < 1.29 is 18.7 Å². The van der Waals surface area contributed by atoms with E-state index >= 15 is 0 Å². The average Bonchev–Trinajstić information content (AvgIpc) is 3.46. The number of methoxy groups -OCH3 is 1. The van der Waals surface area contributed by atoms with Crippen LogP contribution in [0.3, 0.4) is 0 Å². The summed E-state index contributed by atoms with van der Waals surface area (Å²) in [6, 6.07) is 12.6. The number of benzene rings is 1. The molecule has 0 atom stereocenters. The minimum Gasteiger partial charge on any atom is -0.497 e. The van der Waals surface area contributed by atoms with Gasteiger partial charge in [0.2, 0.25) is 5.91 Å². The highest BCUT2D eigenvalue weighted by atomic mass is 16.5. The number of carbonyl (C=O) groups excluding carboxylic acids is 2. The van der Waals surface area contributed by atoms with Crippen LogP contribution < -0.4 is 10.1 Å². The molecule has 0 aliphatic heterocycles. The standard InChI is InChI=1S/C25H32N4O4/c1-6-7-14-28(24(31)20-9-8-15-33-20)17-23(30)26-22-16-21(25(2,3)4)27-29(22)18-10-12-19(32-5)13-11-18/h8-13,15-16H,6-7,14,17H2,1-5H3,(H,26,30). The van der Waals surface area contributed by atoms with E-state index in [4.69, 9.17) is 14.3 Å². The van der Waals surface area contributed by atoms with Crippen molar-refractivity contribution in [2.75, 3.05) is 25.5 Å². The summed E-state index contributed by atoms with van der Waals surface area (Å²) in [4.78, 5) is 27.3. The van der Waals surface area contributed by atoms with Crippen molar-refractivity contribution in [3.63, 3.8) is 0 Å². The van der Waals surface area contributed by atoms with E-state index in [1.165, 1.54) is 11.2 Å². The van der Waals surface area contributed by atoms with Crippen molar-refractivity contribution in [3.05, 3.63) is 60.2 Å². The summed E-state index contributed by atoms with van der Waals surface area (Å²) < 4.78 is 12.2. The maximum atomic E-state index is 13.0. The molecule has 2 aromatic heterocycles. The van der Waals surface area contributed by atoms with Crippen LogP contribution in [-0.4, -0.2) is 46.7 Å². The van der Waals surface area contributed by atoms with Crippen LogP contribution in [0.2, 0.25) is 0 Å². The third kappa shape index (κ3) is 6.03. The molecule has 1 aromatic carbocycles. The van der Waals surface area contributed by atoms with Crippen LogP contribution in [0.25, 0.3) is 5.69 Å². The highest BCUT2D eigenvalue weighted by molar-refractivity contribution is 5.97. The van der Waals surface area contributed by atoms with Crippen LogP contribution in [-0.2, 0) is 10.2 Å². The highest BCUT2D eigenvalue weighted by Crippen LogP contribution is 2.27. The lowest BCUT2D eigenvalue weighted by Crippen LogP contribution is -2.38. The number of hydrogen-bond acceptors (Lipinski definition) is 5. The van der Waals surface area contributed by atoms with Crippen LogP contribution in [0.5, 0.6) is 5.75 Å². The van der Waals surface area contributed by atoms with Gasteiger partial charge in [0, 0.05) is 18.0 Å². The molecule has 0 bridgehead atoms. The summed E-state index contributed by atoms with van der Waals surface area (Å²) in [5.41, 5.74) is 1.42. The monoisotopic (exact) mass is 452 g/mol. The first kappa shape index (κ1) is 24.1. The van der Waals surface area contributed by atoms with E-state index in [-0.39, 0.29) is 29.5 Å². The zero-order valence-electron chi connectivity index (χ0n) is 19.9. The number of nitrogens with zero attached hydrogens (tertiary/aromatic N) is 3. The molecule has 8 nitrogen and oxygen atoms in total. The first-order valence-electron chi connectivity index (χ1n) is 11.1. The highest BCUT2D eigenvalue weighted by Gasteiger charge is 2.24. The zero-order chi connectivity index (χ0) is 24.0. The van der Waals surface area contributed by atoms with Crippen LogP contribution >= 0.6 is 0 Å². The van der Waals surface area contributed by atoms with Gasteiger partial charge < -0.3 is 19.4 Å². The number of amides is 2. The molecule has 0 saturated heterocycles. The van der Waals surface area contributed by atoms with Crippen LogP contribution in [0.15, 0.2) is 53.1 Å². The zero-order valence-corrected chi connectivity index (χ0v) is 19.9. The smallest absolute Gasteiger partial charge is 0.290 e. The Morgan fingerprint density at radius 3 is 2.48 bits per heavy atom. The van der Waals surface area contributed by atoms with E-state index in [9.17, 15) is 9.59 Å². The molecule has 0 unspecified atom stereocenters. The summed E-state index contributed by atoms with van der Waals surface area (Å²) >= 11 is 0. The molecule has 8 heteroatoms. The van der Waals surface area contributed by atoms with Crippen LogP contribution in [0, 0.1) is 0 Å². The van der Waals surface area contributed by atoms with Gasteiger partial charge in [0.25, 0.3) is 5.91 Å². The summed E-state index contributed by atoms with van der Waals surface area (Å²) in [5.74, 6) is 0.882.